The lowest BCUT2D eigenvalue weighted by Crippen LogP contribution is -2.59. The standard InChI is InChI=1S/C14H27N3O3/c1-5-16(6-2)8-7-15-13(19)14(4)11-17(12(3)18)9-10-20-14/h5-11H2,1-4H3,(H,15,19)/t14-/m1/s1. The zero-order valence-electron chi connectivity index (χ0n) is 13.1. The molecule has 116 valence electrons. The normalized spacial score (nSPS) is 22.9. The van der Waals surface area contributed by atoms with Gasteiger partial charge in [-0.05, 0) is 20.0 Å². The van der Waals surface area contributed by atoms with E-state index in [0.717, 1.165) is 19.6 Å². The zero-order valence-corrected chi connectivity index (χ0v) is 13.1. The summed E-state index contributed by atoms with van der Waals surface area (Å²) in [6, 6.07) is 0. The minimum absolute atomic E-state index is 0.0181. The van der Waals surface area contributed by atoms with Crippen LogP contribution in [0.1, 0.15) is 27.7 Å². The number of hydrogen-bond acceptors (Lipinski definition) is 4. The van der Waals surface area contributed by atoms with Gasteiger partial charge in [0.15, 0.2) is 5.60 Å². The van der Waals surface area contributed by atoms with Crippen molar-refractivity contribution >= 4 is 11.8 Å². The van der Waals surface area contributed by atoms with E-state index < -0.39 is 5.60 Å². The van der Waals surface area contributed by atoms with Crippen LogP contribution in [0.4, 0.5) is 0 Å². The first-order valence-corrected chi connectivity index (χ1v) is 7.33. The SMILES string of the molecule is CCN(CC)CCNC(=O)[C@@]1(C)CN(C(C)=O)CCO1. The van der Waals surface area contributed by atoms with Gasteiger partial charge in [0.1, 0.15) is 0 Å². The number of ether oxygens (including phenoxy) is 1. The van der Waals surface area contributed by atoms with Crippen molar-refractivity contribution in [1.29, 1.82) is 0 Å². The summed E-state index contributed by atoms with van der Waals surface area (Å²) in [5.41, 5.74) is -0.937. The average molecular weight is 285 g/mol. The third kappa shape index (κ3) is 4.45. The Kier molecular flexibility index (Phi) is 6.42. The molecule has 1 N–H and O–H groups in total. The first kappa shape index (κ1) is 16.9. The van der Waals surface area contributed by atoms with Gasteiger partial charge in [0, 0.05) is 26.6 Å². The molecule has 0 aromatic carbocycles. The van der Waals surface area contributed by atoms with Gasteiger partial charge in [-0.1, -0.05) is 13.8 Å². The fourth-order valence-corrected chi connectivity index (χ4v) is 2.33. The van der Waals surface area contributed by atoms with Crippen LogP contribution in [0, 0.1) is 0 Å². The number of nitrogens with zero attached hydrogens (tertiary/aromatic N) is 2. The number of carbonyl (C=O) groups excluding carboxylic acids is 2. The molecule has 1 atom stereocenters. The average Bonchev–Trinajstić information content (AvgIpc) is 2.43. The number of likely N-dealkylation sites (N-methyl/N-ethyl adjacent to an activating group) is 1. The molecule has 1 heterocycles. The van der Waals surface area contributed by atoms with E-state index in [4.69, 9.17) is 4.74 Å². The number of carbonyl (C=O) groups is 2. The largest absolute Gasteiger partial charge is 0.362 e. The minimum Gasteiger partial charge on any atom is -0.362 e. The molecule has 0 spiro atoms. The Labute approximate surface area is 121 Å². The fourth-order valence-electron chi connectivity index (χ4n) is 2.33. The van der Waals surface area contributed by atoms with Crippen molar-refractivity contribution in [2.75, 3.05) is 45.9 Å². The van der Waals surface area contributed by atoms with Gasteiger partial charge in [0.2, 0.25) is 5.91 Å². The van der Waals surface area contributed by atoms with Crippen LogP contribution in [0.3, 0.4) is 0 Å². The van der Waals surface area contributed by atoms with Crippen molar-refractivity contribution in [1.82, 2.24) is 15.1 Å². The Bertz CT molecular complexity index is 345. The van der Waals surface area contributed by atoms with Gasteiger partial charge in [-0.2, -0.15) is 0 Å². The molecule has 1 rings (SSSR count). The maximum Gasteiger partial charge on any atom is 0.253 e. The van der Waals surface area contributed by atoms with Crippen molar-refractivity contribution < 1.29 is 14.3 Å². The van der Waals surface area contributed by atoms with E-state index in [2.05, 4.69) is 24.1 Å². The summed E-state index contributed by atoms with van der Waals surface area (Å²) in [6.07, 6.45) is 0. The van der Waals surface area contributed by atoms with Gasteiger partial charge in [0.05, 0.1) is 13.2 Å². The Balaban J connectivity index is 2.46. The summed E-state index contributed by atoms with van der Waals surface area (Å²) in [5.74, 6) is -0.161. The second kappa shape index (κ2) is 7.59. The molecule has 6 heteroatoms. The lowest BCUT2D eigenvalue weighted by Gasteiger charge is -2.39. The molecule has 6 nitrogen and oxygen atoms in total. The monoisotopic (exact) mass is 285 g/mol. The van der Waals surface area contributed by atoms with Gasteiger partial charge >= 0.3 is 0 Å². The summed E-state index contributed by atoms with van der Waals surface area (Å²) in [6.45, 7) is 12.1. The first-order valence-electron chi connectivity index (χ1n) is 7.33. The molecule has 0 saturated carbocycles. The second-order valence-electron chi connectivity index (χ2n) is 5.30. The van der Waals surface area contributed by atoms with Crippen LogP contribution in [0.2, 0.25) is 0 Å². The van der Waals surface area contributed by atoms with Gasteiger partial charge in [0.25, 0.3) is 5.91 Å². The van der Waals surface area contributed by atoms with Crippen LogP contribution < -0.4 is 5.32 Å². The molecule has 0 aromatic rings. The molecular weight excluding hydrogens is 258 g/mol. The van der Waals surface area contributed by atoms with Crippen LogP contribution in [-0.2, 0) is 14.3 Å². The lowest BCUT2D eigenvalue weighted by atomic mass is 10.0. The number of hydrogen-bond donors (Lipinski definition) is 1. The molecule has 1 aliphatic rings. The Morgan fingerprint density at radius 2 is 2.00 bits per heavy atom. The zero-order chi connectivity index (χ0) is 15.2. The fraction of sp³-hybridized carbons (Fsp3) is 0.857. The van der Waals surface area contributed by atoms with Crippen molar-refractivity contribution in [2.24, 2.45) is 0 Å². The lowest BCUT2D eigenvalue weighted by molar-refractivity contribution is -0.162. The molecule has 0 aromatic heterocycles. The van der Waals surface area contributed by atoms with Crippen LogP contribution >= 0.6 is 0 Å². The maximum absolute atomic E-state index is 12.3. The summed E-state index contributed by atoms with van der Waals surface area (Å²) < 4.78 is 5.60. The summed E-state index contributed by atoms with van der Waals surface area (Å²) in [4.78, 5) is 27.6. The molecule has 0 aliphatic carbocycles. The predicted octanol–water partition coefficient (Wildman–Crippen LogP) is 0.0818. The van der Waals surface area contributed by atoms with E-state index >= 15 is 0 Å². The smallest absolute Gasteiger partial charge is 0.253 e. The summed E-state index contributed by atoms with van der Waals surface area (Å²) in [7, 11) is 0. The first-order chi connectivity index (χ1) is 9.42. The molecule has 1 saturated heterocycles. The molecule has 20 heavy (non-hydrogen) atoms. The van der Waals surface area contributed by atoms with Gasteiger partial charge in [-0.15, -0.1) is 0 Å². The molecule has 1 aliphatic heterocycles. The van der Waals surface area contributed by atoms with Gasteiger partial charge in [-0.3, -0.25) is 9.59 Å². The third-order valence-corrected chi connectivity index (χ3v) is 3.81. The molecule has 1 fully saturated rings. The summed E-state index contributed by atoms with van der Waals surface area (Å²) in [5, 5.41) is 2.91. The van der Waals surface area contributed by atoms with E-state index in [0.29, 0.717) is 26.2 Å². The Morgan fingerprint density at radius 3 is 2.55 bits per heavy atom. The van der Waals surface area contributed by atoms with Crippen LogP contribution in [0.25, 0.3) is 0 Å². The Morgan fingerprint density at radius 1 is 1.35 bits per heavy atom. The van der Waals surface area contributed by atoms with E-state index in [-0.39, 0.29) is 11.8 Å². The van der Waals surface area contributed by atoms with Gasteiger partial charge < -0.3 is 19.9 Å². The van der Waals surface area contributed by atoms with Gasteiger partial charge in [-0.25, -0.2) is 0 Å². The highest BCUT2D eigenvalue weighted by Gasteiger charge is 2.39. The highest BCUT2D eigenvalue weighted by atomic mass is 16.5. The summed E-state index contributed by atoms with van der Waals surface area (Å²) >= 11 is 0. The number of nitrogens with one attached hydrogen (secondary N) is 1. The maximum atomic E-state index is 12.3. The second-order valence-corrected chi connectivity index (χ2v) is 5.30. The predicted molar refractivity (Wildman–Crippen MR) is 77.4 cm³/mol. The molecule has 2 amide bonds. The minimum atomic E-state index is -0.937. The highest BCUT2D eigenvalue weighted by molar-refractivity contribution is 5.86. The molecule has 0 radical (unpaired) electrons. The number of morpholine rings is 1. The van der Waals surface area contributed by atoms with Crippen molar-refractivity contribution in [3.63, 3.8) is 0 Å². The topological polar surface area (TPSA) is 61.9 Å². The van der Waals surface area contributed by atoms with E-state index in [1.54, 1.807) is 11.8 Å². The van der Waals surface area contributed by atoms with E-state index in [9.17, 15) is 9.59 Å². The molecular formula is C14H27N3O3. The van der Waals surface area contributed by atoms with Crippen LogP contribution in [0.5, 0.6) is 0 Å². The quantitative estimate of drug-likeness (QED) is 0.751. The van der Waals surface area contributed by atoms with Crippen LogP contribution in [-0.4, -0.2) is 73.1 Å². The number of rotatable bonds is 6. The van der Waals surface area contributed by atoms with E-state index in [1.807, 2.05) is 0 Å². The van der Waals surface area contributed by atoms with E-state index in [1.165, 1.54) is 6.92 Å². The molecule has 0 bridgehead atoms. The molecule has 0 unspecified atom stereocenters. The third-order valence-electron chi connectivity index (χ3n) is 3.81. The highest BCUT2D eigenvalue weighted by Crippen LogP contribution is 2.17. The van der Waals surface area contributed by atoms with Crippen molar-refractivity contribution in [3.05, 3.63) is 0 Å². The van der Waals surface area contributed by atoms with Crippen molar-refractivity contribution in [2.45, 2.75) is 33.3 Å². The van der Waals surface area contributed by atoms with Crippen molar-refractivity contribution in [3.8, 4) is 0 Å². The number of amides is 2. The Hall–Kier alpha value is -1.14. The van der Waals surface area contributed by atoms with Crippen LogP contribution in [0.15, 0.2) is 0 Å².